The Balaban J connectivity index is 1.93. The third-order valence-electron chi connectivity index (χ3n) is 4.67. The summed E-state index contributed by atoms with van der Waals surface area (Å²) in [6.45, 7) is 1.50. The Kier molecular flexibility index (Phi) is 3.55. The fraction of sp³-hybridized carbons (Fsp3) is 0.278. The van der Waals surface area contributed by atoms with Crippen molar-refractivity contribution < 1.29 is 0 Å². The summed E-state index contributed by atoms with van der Waals surface area (Å²) in [5.74, 6) is -0.371. The van der Waals surface area contributed by atoms with E-state index in [4.69, 9.17) is 5.73 Å². The van der Waals surface area contributed by atoms with E-state index in [0.29, 0.717) is 5.65 Å². The van der Waals surface area contributed by atoms with Crippen molar-refractivity contribution in [1.82, 2.24) is 14.1 Å². The van der Waals surface area contributed by atoms with Crippen LogP contribution < -0.4 is 16.3 Å². The Hall–Kier alpha value is -3.11. The number of nitriles is 1. The molecule has 2 aromatic rings. The van der Waals surface area contributed by atoms with Gasteiger partial charge in [0.05, 0.1) is 17.7 Å². The van der Waals surface area contributed by atoms with Crippen molar-refractivity contribution in [2.45, 2.75) is 6.04 Å². The fourth-order valence-electron chi connectivity index (χ4n) is 3.29. The van der Waals surface area contributed by atoms with Crippen molar-refractivity contribution in [2.75, 3.05) is 18.0 Å². The molecule has 2 N–H and O–H groups in total. The second kappa shape index (κ2) is 5.76. The average Bonchev–Trinajstić information content (AvgIpc) is 2.85. The Labute approximate surface area is 144 Å². The topological polar surface area (TPSA) is 92.9 Å². The SMILES string of the molecule is Cn1c(=O)n(C=C2C=CC=CC2C#N)c2c(N3CC(N)C3)ccnc21. The van der Waals surface area contributed by atoms with E-state index in [9.17, 15) is 10.1 Å². The zero-order chi connectivity index (χ0) is 17.6. The van der Waals surface area contributed by atoms with Gasteiger partial charge in [0.1, 0.15) is 5.52 Å². The number of nitrogens with zero attached hydrogens (tertiary/aromatic N) is 5. The van der Waals surface area contributed by atoms with Gasteiger partial charge >= 0.3 is 5.69 Å². The lowest BCUT2D eigenvalue weighted by atomic mass is 9.97. The minimum atomic E-state index is -0.371. The standard InChI is InChI=1S/C18H18N6O/c1-22-17-16(15(6-7-21-17)23-10-14(20)11-23)24(18(22)25)9-13-5-3-2-4-12(13)8-19/h2-7,9,12,14H,10-11,20H2,1H3. The molecule has 0 bridgehead atoms. The Morgan fingerprint density at radius 2 is 2.20 bits per heavy atom. The van der Waals surface area contributed by atoms with Crippen molar-refractivity contribution in [1.29, 1.82) is 5.26 Å². The highest BCUT2D eigenvalue weighted by molar-refractivity contribution is 5.89. The zero-order valence-corrected chi connectivity index (χ0v) is 13.8. The minimum Gasteiger partial charge on any atom is -0.366 e. The maximum Gasteiger partial charge on any atom is 0.334 e. The lowest BCUT2D eigenvalue weighted by Gasteiger charge is -2.39. The minimum absolute atomic E-state index is 0.153. The van der Waals surface area contributed by atoms with Gasteiger partial charge in [-0.1, -0.05) is 24.3 Å². The van der Waals surface area contributed by atoms with Gasteiger partial charge in [0.2, 0.25) is 0 Å². The molecule has 2 aromatic heterocycles. The van der Waals surface area contributed by atoms with Crippen LogP contribution in [0.1, 0.15) is 0 Å². The molecular formula is C18H18N6O. The second-order valence-electron chi connectivity index (χ2n) is 6.36. The van der Waals surface area contributed by atoms with Gasteiger partial charge < -0.3 is 10.6 Å². The number of pyridine rings is 1. The summed E-state index contributed by atoms with van der Waals surface area (Å²) in [6, 6.07) is 4.30. The van der Waals surface area contributed by atoms with Crippen LogP contribution in [0.5, 0.6) is 0 Å². The molecule has 1 saturated heterocycles. The van der Waals surface area contributed by atoms with Crippen molar-refractivity contribution in [3.63, 3.8) is 0 Å². The lowest BCUT2D eigenvalue weighted by molar-refractivity contribution is 0.520. The number of hydrogen-bond donors (Lipinski definition) is 1. The highest BCUT2D eigenvalue weighted by atomic mass is 16.1. The Bertz CT molecular complexity index is 1030. The number of anilines is 1. The number of imidazole rings is 1. The van der Waals surface area contributed by atoms with Crippen LogP contribution in [0.25, 0.3) is 17.4 Å². The number of fused-ring (bicyclic) bond motifs is 1. The monoisotopic (exact) mass is 334 g/mol. The van der Waals surface area contributed by atoms with Crippen molar-refractivity contribution in [2.24, 2.45) is 18.7 Å². The smallest absolute Gasteiger partial charge is 0.334 e. The van der Waals surface area contributed by atoms with E-state index in [1.165, 1.54) is 4.57 Å². The first-order valence-electron chi connectivity index (χ1n) is 8.13. The van der Waals surface area contributed by atoms with Crippen molar-refractivity contribution in [3.8, 4) is 6.07 Å². The first-order valence-corrected chi connectivity index (χ1v) is 8.13. The zero-order valence-electron chi connectivity index (χ0n) is 13.8. The number of rotatable bonds is 2. The maximum absolute atomic E-state index is 12.8. The van der Waals surface area contributed by atoms with Crippen LogP contribution in [0, 0.1) is 17.2 Å². The molecule has 0 aromatic carbocycles. The first kappa shape index (κ1) is 15.4. The molecule has 0 amide bonds. The van der Waals surface area contributed by atoms with Gasteiger partial charge in [-0.2, -0.15) is 5.26 Å². The summed E-state index contributed by atoms with van der Waals surface area (Å²) < 4.78 is 3.12. The molecule has 0 spiro atoms. The third-order valence-corrected chi connectivity index (χ3v) is 4.67. The van der Waals surface area contributed by atoms with Crippen LogP contribution in [0.2, 0.25) is 0 Å². The van der Waals surface area contributed by atoms with Gasteiger partial charge in [-0.25, -0.2) is 9.78 Å². The van der Waals surface area contributed by atoms with E-state index in [-0.39, 0.29) is 17.6 Å². The normalized spacial score (nSPS) is 21.7. The fourth-order valence-corrected chi connectivity index (χ4v) is 3.29. The van der Waals surface area contributed by atoms with Crippen molar-refractivity contribution in [3.05, 3.63) is 52.6 Å². The van der Waals surface area contributed by atoms with E-state index >= 15 is 0 Å². The molecule has 7 nitrogen and oxygen atoms in total. The molecule has 1 fully saturated rings. The van der Waals surface area contributed by atoms with Crippen LogP contribution in [-0.4, -0.2) is 33.2 Å². The van der Waals surface area contributed by atoms with Gasteiger partial charge in [-0.15, -0.1) is 0 Å². The average molecular weight is 334 g/mol. The van der Waals surface area contributed by atoms with Gasteiger partial charge in [-0.05, 0) is 11.6 Å². The van der Waals surface area contributed by atoms with Gasteiger partial charge in [0.25, 0.3) is 0 Å². The van der Waals surface area contributed by atoms with Crippen LogP contribution in [0.3, 0.4) is 0 Å². The number of nitrogens with two attached hydrogens (primary N) is 1. The molecule has 1 aliphatic heterocycles. The van der Waals surface area contributed by atoms with Crippen LogP contribution in [0.4, 0.5) is 5.69 Å². The number of aryl methyl sites for hydroxylation is 1. The predicted molar refractivity (Wildman–Crippen MR) is 96.8 cm³/mol. The Morgan fingerprint density at radius 1 is 1.40 bits per heavy atom. The summed E-state index contributed by atoms with van der Waals surface area (Å²) in [7, 11) is 1.71. The molecule has 3 heterocycles. The number of allylic oxidation sites excluding steroid dienone is 5. The van der Waals surface area contributed by atoms with Crippen LogP contribution in [-0.2, 0) is 7.05 Å². The first-order chi connectivity index (χ1) is 12.1. The molecule has 1 unspecified atom stereocenters. The summed E-state index contributed by atoms with van der Waals surface area (Å²) in [6.07, 6.45) is 10.8. The highest BCUT2D eigenvalue weighted by Crippen LogP contribution is 2.29. The molecule has 126 valence electrons. The molecule has 2 aliphatic rings. The van der Waals surface area contributed by atoms with E-state index in [1.54, 1.807) is 24.0 Å². The summed E-state index contributed by atoms with van der Waals surface area (Å²) >= 11 is 0. The van der Waals surface area contributed by atoms with Crippen LogP contribution in [0.15, 0.2) is 46.9 Å². The summed E-state index contributed by atoms with van der Waals surface area (Å²) in [5, 5.41) is 9.34. The van der Waals surface area contributed by atoms with Crippen LogP contribution >= 0.6 is 0 Å². The van der Waals surface area contributed by atoms with E-state index in [0.717, 1.165) is 29.9 Å². The Morgan fingerprint density at radius 3 is 2.92 bits per heavy atom. The number of hydrogen-bond acceptors (Lipinski definition) is 5. The van der Waals surface area contributed by atoms with Gasteiger partial charge in [0, 0.05) is 38.6 Å². The van der Waals surface area contributed by atoms with E-state index in [2.05, 4.69) is 16.0 Å². The van der Waals surface area contributed by atoms with E-state index < -0.39 is 0 Å². The van der Waals surface area contributed by atoms with Gasteiger partial charge in [-0.3, -0.25) is 9.13 Å². The molecule has 1 atom stereocenters. The highest BCUT2D eigenvalue weighted by Gasteiger charge is 2.27. The van der Waals surface area contributed by atoms with Crippen molar-refractivity contribution >= 4 is 23.1 Å². The molecular weight excluding hydrogens is 316 g/mol. The molecule has 1 aliphatic carbocycles. The molecule has 0 saturated carbocycles. The molecule has 7 heteroatoms. The summed E-state index contributed by atoms with van der Waals surface area (Å²) in [4.78, 5) is 19.3. The quantitative estimate of drug-likeness (QED) is 0.884. The summed E-state index contributed by atoms with van der Waals surface area (Å²) in [5.41, 5.74) is 8.79. The van der Waals surface area contributed by atoms with Gasteiger partial charge in [0.15, 0.2) is 5.65 Å². The second-order valence-corrected chi connectivity index (χ2v) is 6.36. The molecule has 4 rings (SSSR count). The lowest BCUT2D eigenvalue weighted by Crippen LogP contribution is -2.56. The largest absolute Gasteiger partial charge is 0.366 e. The predicted octanol–water partition coefficient (Wildman–Crippen LogP) is 0.989. The maximum atomic E-state index is 12.8. The molecule has 0 radical (unpaired) electrons. The number of aromatic nitrogens is 3. The molecule has 25 heavy (non-hydrogen) atoms. The third kappa shape index (κ3) is 2.39. The van der Waals surface area contributed by atoms with E-state index in [1.807, 2.05) is 30.4 Å².